The third-order valence-corrected chi connectivity index (χ3v) is 3.56. The van der Waals surface area contributed by atoms with Crippen molar-refractivity contribution >= 4 is 5.69 Å². The predicted molar refractivity (Wildman–Crippen MR) is 74.4 cm³/mol. The summed E-state index contributed by atoms with van der Waals surface area (Å²) in [6.45, 7) is 7.87. The molecule has 0 saturated carbocycles. The van der Waals surface area contributed by atoms with Crippen LogP contribution in [-0.2, 0) is 6.42 Å². The number of para-hydroxylation sites is 1. The molecule has 0 aromatic heterocycles. The molecule has 1 aromatic rings. The van der Waals surface area contributed by atoms with E-state index in [-0.39, 0.29) is 6.04 Å². The fraction of sp³-hybridized carbons (Fsp3) is 0.600. The topological polar surface area (TPSA) is 29.3 Å². The molecule has 1 heterocycles. The van der Waals surface area contributed by atoms with Gasteiger partial charge in [0.25, 0.3) is 0 Å². The van der Waals surface area contributed by atoms with Crippen molar-refractivity contribution < 1.29 is 0 Å². The van der Waals surface area contributed by atoms with Gasteiger partial charge in [-0.25, -0.2) is 0 Å². The molecule has 0 radical (unpaired) electrons. The monoisotopic (exact) mass is 232 g/mol. The Morgan fingerprint density at radius 3 is 2.71 bits per heavy atom. The van der Waals surface area contributed by atoms with Gasteiger partial charge in [0, 0.05) is 24.3 Å². The zero-order valence-corrected chi connectivity index (χ0v) is 11.2. The fourth-order valence-corrected chi connectivity index (χ4v) is 2.89. The van der Waals surface area contributed by atoms with E-state index in [0.29, 0.717) is 6.04 Å². The Balaban J connectivity index is 2.23. The van der Waals surface area contributed by atoms with Gasteiger partial charge in [-0.1, -0.05) is 32.0 Å². The maximum atomic E-state index is 6.17. The highest BCUT2D eigenvalue weighted by Crippen LogP contribution is 2.29. The summed E-state index contributed by atoms with van der Waals surface area (Å²) >= 11 is 0. The molecular formula is C15H24N2. The summed E-state index contributed by atoms with van der Waals surface area (Å²) in [6.07, 6.45) is 2.24. The second-order valence-electron chi connectivity index (χ2n) is 5.72. The van der Waals surface area contributed by atoms with E-state index in [9.17, 15) is 0 Å². The third kappa shape index (κ3) is 2.81. The summed E-state index contributed by atoms with van der Waals surface area (Å²) in [5.41, 5.74) is 8.96. The smallest absolute Gasteiger partial charge is 0.0402 e. The van der Waals surface area contributed by atoms with Crippen LogP contribution in [-0.4, -0.2) is 18.6 Å². The lowest BCUT2D eigenvalue weighted by molar-refractivity contribution is 0.462. The number of anilines is 1. The quantitative estimate of drug-likeness (QED) is 0.868. The van der Waals surface area contributed by atoms with Gasteiger partial charge in [0.05, 0.1) is 0 Å². The summed E-state index contributed by atoms with van der Waals surface area (Å²) < 4.78 is 0. The SMILES string of the molecule is CC(C)CC(C)N1CC(N)Cc2ccccc21. The summed E-state index contributed by atoms with van der Waals surface area (Å²) in [5.74, 6) is 0.732. The second-order valence-corrected chi connectivity index (χ2v) is 5.72. The predicted octanol–water partition coefficient (Wildman–Crippen LogP) is 2.81. The Kier molecular flexibility index (Phi) is 3.72. The molecule has 0 saturated heterocycles. The van der Waals surface area contributed by atoms with Crippen LogP contribution < -0.4 is 10.6 Å². The lowest BCUT2D eigenvalue weighted by Crippen LogP contribution is -2.47. The summed E-state index contributed by atoms with van der Waals surface area (Å²) in [4.78, 5) is 2.49. The molecule has 2 atom stereocenters. The summed E-state index contributed by atoms with van der Waals surface area (Å²) in [6, 6.07) is 9.54. The van der Waals surface area contributed by atoms with E-state index in [0.717, 1.165) is 18.9 Å². The van der Waals surface area contributed by atoms with Crippen molar-refractivity contribution in [2.75, 3.05) is 11.4 Å². The first-order chi connectivity index (χ1) is 8.08. The molecule has 2 nitrogen and oxygen atoms in total. The average Bonchev–Trinajstić information content (AvgIpc) is 2.26. The lowest BCUT2D eigenvalue weighted by Gasteiger charge is -2.39. The number of nitrogens with zero attached hydrogens (tertiary/aromatic N) is 1. The molecule has 0 bridgehead atoms. The molecular weight excluding hydrogens is 208 g/mol. The molecule has 0 aliphatic carbocycles. The van der Waals surface area contributed by atoms with Crippen LogP contribution in [0.1, 0.15) is 32.8 Å². The van der Waals surface area contributed by atoms with E-state index in [1.807, 2.05) is 0 Å². The highest BCUT2D eigenvalue weighted by atomic mass is 15.2. The Bertz CT molecular complexity index is 373. The highest BCUT2D eigenvalue weighted by molar-refractivity contribution is 5.56. The third-order valence-electron chi connectivity index (χ3n) is 3.56. The summed E-state index contributed by atoms with van der Waals surface area (Å²) in [7, 11) is 0. The Morgan fingerprint density at radius 2 is 2.00 bits per heavy atom. The van der Waals surface area contributed by atoms with E-state index >= 15 is 0 Å². The fourth-order valence-electron chi connectivity index (χ4n) is 2.89. The van der Waals surface area contributed by atoms with Crippen molar-refractivity contribution in [3.63, 3.8) is 0 Å². The lowest BCUT2D eigenvalue weighted by atomic mass is 9.95. The average molecular weight is 232 g/mol. The highest BCUT2D eigenvalue weighted by Gasteiger charge is 2.25. The first-order valence-corrected chi connectivity index (χ1v) is 6.68. The minimum atomic E-state index is 0.277. The number of hydrogen-bond acceptors (Lipinski definition) is 2. The van der Waals surface area contributed by atoms with Crippen LogP contribution in [0, 0.1) is 5.92 Å². The van der Waals surface area contributed by atoms with Crippen LogP contribution in [0.15, 0.2) is 24.3 Å². The van der Waals surface area contributed by atoms with Crippen LogP contribution in [0.3, 0.4) is 0 Å². The standard InChI is InChI=1S/C15H24N2/c1-11(2)8-12(3)17-10-14(16)9-13-6-4-5-7-15(13)17/h4-7,11-12,14H,8-10,16H2,1-3H3. The van der Waals surface area contributed by atoms with Crippen molar-refractivity contribution in [2.45, 2.75) is 45.7 Å². The van der Waals surface area contributed by atoms with E-state index in [4.69, 9.17) is 5.73 Å². The van der Waals surface area contributed by atoms with Gasteiger partial charge in [0.15, 0.2) is 0 Å². The number of benzene rings is 1. The van der Waals surface area contributed by atoms with Gasteiger partial charge >= 0.3 is 0 Å². The second kappa shape index (κ2) is 5.09. The van der Waals surface area contributed by atoms with E-state index in [2.05, 4.69) is 49.9 Å². The van der Waals surface area contributed by atoms with Crippen molar-refractivity contribution in [1.29, 1.82) is 0 Å². The largest absolute Gasteiger partial charge is 0.367 e. The molecule has 17 heavy (non-hydrogen) atoms. The number of hydrogen-bond donors (Lipinski definition) is 1. The molecule has 94 valence electrons. The molecule has 1 aliphatic rings. The maximum absolute atomic E-state index is 6.17. The van der Waals surface area contributed by atoms with Crippen molar-refractivity contribution in [3.05, 3.63) is 29.8 Å². The van der Waals surface area contributed by atoms with Gasteiger partial charge in [-0.05, 0) is 37.3 Å². The number of rotatable bonds is 3. The van der Waals surface area contributed by atoms with Gasteiger partial charge in [-0.2, -0.15) is 0 Å². The minimum Gasteiger partial charge on any atom is -0.367 e. The zero-order chi connectivity index (χ0) is 12.4. The Morgan fingerprint density at radius 1 is 1.29 bits per heavy atom. The molecule has 2 unspecified atom stereocenters. The molecule has 1 aromatic carbocycles. The molecule has 2 rings (SSSR count). The van der Waals surface area contributed by atoms with Crippen molar-refractivity contribution in [2.24, 2.45) is 11.7 Å². The molecule has 1 aliphatic heterocycles. The van der Waals surface area contributed by atoms with Gasteiger partial charge in [-0.15, -0.1) is 0 Å². The number of nitrogens with two attached hydrogens (primary N) is 1. The molecule has 0 spiro atoms. The van der Waals surface area contributed by atoms with E-state index < -0.39 is 0 Å². The Labute approximate surface area is 105 Å². The van der Waals surface area contributed by atoms with Crippen LogP contribution in [0.2, 0.25) is 0 Å². The van der Waals surface area contributed by atoms with Crippen LogP contribution in [0.4, 0.5) is 5.69 Å². The molecule has 2 heteroatoms. The maximum Gasteiger partial charge on any atom is 0.0402 e. The minimum absolute atomic E-state index is 0.277. The first-order valence-electron chi connectivity index (χ1n) is 6.68. The van der Waals surface area contributed by atoms with Gasteiger partial charge in [0.2, 0.25) is 0 Å². The van der Waals surface area contributed by atoms with Crippen LogP contribution in [0.25, 0.3) is 0 Å². The zero-order valence-electron chi connectivity index (χ0n) is 11.2. The van der Waals surface area contributed by atoms with Gasteiger partial charge < -0.3 is 10.6 Å². The van der Waals surface area contributed by atoms with Crippen molar-refractivity contribution in [1.82, 2.24) is 0 Å². The summed E-state index contributed by atoms with van der Waals surface area (Å²) in [5, 5.41) is 0. The Hall–Kier alpha value is -1.02. The normalized spacial score (nSPS) is 21.5. The van der Waals surface area contributed by atoms with Gasteiger partial charge in [0.1, 0.15) is 0 Å². The van der Waals surface area contributed by atoms with Crippen LogP contribution >= 0.6 is 0 Å². The van der Waals surface area contributed by atoms with Crippen LogP contribution in [0.5, 0.6) is 0 Å². The van der Waals surface area contributed by atoms with E-state index in [1.165, 1.54) is 17.7 Å². The van der Waals surface area contributed by atoms with Gasteiger partial charge in [-0.3, -0.25) is 0 Å². The van der Waals surface area contributed by atoms with Crippen molar-refractivity contribution in [3.8, 4) is 0 Å². The molecule has 0 amide bonds. The molecule has 2 N–H and O–H groups in total. The first kappa shape index (κ1) is 12.4. The van der Waals surface area contributed by atoms with E-state index in [1.54, 1.807) is 0 Å². The number of fused-ring (bicyclic) bond motifs is 1. The molecule has 0 fully saturated rings.